The molecule has 0 aromatic heterocycles. The van der Waals surface area contributed by atoms with E-state index in [9.17, 15) is 4.79 Å². The van der Waals surface area contributed by atoms with E-state index in [1.807, 2.05) is 23.1 Å². The summed E-state index contributed by atoms with van der Waals surface area (Å²) in [4.78, 5) is 14.4. The van der Waals surface area contributed by atoms with Gasteiger partial charge in [0.05, 0.1) is 20.6 Å². The first-order valence-electron chi connectivity index (χ1n) is 7.61. The number of nitrogens with two attached hydrogens (primary N) is 1. The van der Waals surface area contributed by atoms with Crippen molar-refractivity contribution < 1.29 is 14.3 Å². The minimum absolute atomic E-state index is 0.0362. The predicted molar refractivity (Wildman–Crippen MR) is 86.2 cm³/mol. The van der Waals surface area contributed by atoms with Gasteiger partial charge in [-0.2, -0.15) is 0 Å². The Morgan fingerprint density at radius 1 is 1.32 bits per heavy atom. The lowest BCUT2D eigenvalue weighted by Gasteiger charge is -2.42. The fraction of sp³-hybridized carbons (Fsp3) is 0.588. The van der Waals surface area contributed by atoms with Crippen molar-refractivity contribution in [2.24, 2.45) is 11.1 Å². The van der Waals surface area contributed by atoms with Crippen molar-refractivity contribution in [3.63, 3.8) is 0 Å². The van der Waals surface area contributed by atoms with E-state index >= 15 is 0 Å². The first-order valence-corrected chi connectivity index (χ1v) is 7.61. The summed E-state index contributed by atoms with van der Waals surface area (Å²) in [7, 11) is 3.19. The lowest BCUT2D eigenvalue weighted by molar-refractivity contribution is -0.133. The highest BCUT2D eigenvalue weighted by atomic mass is 16.5. The van der Waals surface area contributed by atoms with E-state index in [1.54, 1.807) is 14.2 Å². The van der Waals surface area contributed by atoms with Crippen LogP contribution in [0.25, 0.3) is 0 Å². The molecule has 1 saturated heterocycles. The summed E-state index contributed by atoms with van der Waals surface area (Å²) in [6, 6.07) is 5.74. The molecule has 1 aromatic rings. The molecule has 122 valence electrons. The van der Waals surface area contributed by atoms with Gasteiger partial charge in [-0.1, -0.05) is 19.9 Å². The molecule has 1 atom stereocenters. The molecule has 1 aliphatic rings. The van der Waals surface area contributed by atoms with Gasteiger partial charge in [0.2, 0.25) is 5.91 Å². The van der Waals surface area contributed by atoms with Crippen molar-refractivity contribution in [3.8, 4) is 11.5 Å². The van der Waals surface area contributed by atoms with Crippen LogP contribution in [0.3, 0.4) is 0 Å². The lowest BCUT2D eigenvalue weighted by Crippen LogP contribution is -2.54. The van der Waals surface area contributed by atoms with E-state index in [2.05, 4.69) is 13.8 Å². The molecule has 1 heterocycles. The molecule has 1 fully saturated rings. The van der Waals surface area contributed by atoms with Gasteiger partial charge in [-0.3, -0.25) is 4.79 Å². The SMILES string of the molecule is COc1ccc(CC(=O)N2CCC(N)C(C)(C)C2)cc1OC. The second kappa shape index (κ2) is 6.57. The third kappa shape index (κ3) is 3.53. The van der Waals surface area contributed by atoms with E-state index in [1.165, 1.54) is 0 Å². The number of likely N-dealkylation sites (tertiary alicyclic amines) is 1. The Bertz CT molecular complexity index is 543. The highest BCUT2D eigenvalue weighted by molar-refractivity contribution is 5.79. The summed E-state index contributed by atoms with van der Waals surface area (Å²) in [6.45, 7) is 5.68. The zero-order valence-electron chi connectivity index (χ0n) is 13.9. The molecule has 0 radical (unpaired) electrons. The molecular formula is C17H26N2O3. The van der Waals surface area contributed by atoms with Crippen LogP contribution in [0.1, 0.15) is 25.8 Å². The molecule has 0 spiro atoms. The standard InChI is InChI=1S/C17H26N2O3/c1-17(2)11-19(8-7-15(17)18)16(20)10-12-5-6-13(21-3)14(9-12)22-4/h5-6,9,15H,7-8,10-11,18H2,1-4H3. The molecule has 1 amide bonds. The van der Waals surface area contributed by atoms with Gasteiger partial charge in [-0.25, -0.2) is 0 Å². The van der Waals surface area contributed by atoms with E-state index in [0.717, 1.165) is 18.5 Å². The molecule has 5 heteroatoms. The number of methoxy groups -OCH3 is 2. The van der Waals surface area contributed by atoms with E-state index in [4.69, 9.17) is 15.2 Å². The number of carbonyl (C=O) groups is 1. The minimum atomic E-state index is -0.0362. The van der Waals surface area contributed by atoms with Gasteiger partial charge in [0.15, 0.2) is 11.5 Å². The van der Waals surface area contributed by atoms with Crippen LogP contribution in [0.2, 0.25) is 0 Å². The number of ether oxygens (including phenoxy) is 2. The van der Waals surface area contributed by atoms with Gasteiger partial charge in [0.1, 0.15) is 0 Å². The van der Waals surface area contributed by atoms with E-state index in [0.29, 0.717) is 24.5 Å². The maximum Gasteiger partial charge on any atom is 0.227 e. The van der Waals surface area contributed by atoms with Gasteiger partial charge in [0.25, 0.3) is 0 Å². The average molecular weight is 306 g/mol. The fourth-order valence-electron chi connectivity index (χ4n) is 2.86. The Balaban J connectivity index is 2.06. The van der Waals surface area contributed by atoms with E-state index < -0.39 is 0 Å². The van der Waals surface area contributed by atoms with Gasteiger partial charge >= 0.3 is 0 Å². The fourth-order valence-corrected chi connectivity index (χ4v) is 2.86. The summed E-state index contributed by atoms with van der Waals surface area (Å²) < 4.78 is 10.5. The molecule has 1 unspecified atom stereocenters. The van der Waals surface area contributed by atoms with Crippen LogP contribution in [0.4, 0.5) is 0 Å². The zero-order chi connectivity index (χ0) is 16.3. The summed E-state index contributed by atoms with van der Waals surface area (Å²) in [6.07, 6.45) is 1.22. The van der Waals surface area contributed by atoms with E-state index in [-0.39, 0.29) is 17.4 Å². The van der Waals surface area contributed by atoms with Crippen LogP contribution in [-0.4, -0.2) is 44.2 Å². The molecule has 2 rings (SSSR count). The number of nitrogens with zero attached hydrogens (tertiary/aromatic N) is 1. The Labute approximate surface area is 132 Å². The van der Waals surface area contributed by atoms with Crippen LogP contribution in [-0.2, 0) is 11.2 Å². The summed E-state index contributed by atoms with van der Waals surface area (Å²) in [5.41, 5.74) is 7.02. The second-order valence-electron chi connectivity index (χ2n) is 6.57. The van der Waals surface area contributed by atoms with Gasteiger partial charge in [0, 0.05) is 19.1 Å². The molecule has 22 heavy (non-hydrogen) atoms. The highest BCUT2D eigenvalue weighted by Crippen LogP contribution is 2.30. The van der Waals surface area contributed by atoms with Crippen LogP contribution in [0.5, 0.6) is 11.5 Å². The first kappa shape index (κ1) is 16.6. The maximum absolute atomic E-state index is 12.5. The van der Waals surface area contributed by atoms with Crippen molar-refractivity contribution in [2.45, 2.75) is 32.7 Å². The number of carbonyl (C=O) groups excluding carboxylic acids is 1. The molecule has 0 aliphatic carbocycles. The van der Waals surface area contributed by atoms with Crippen molar-refractivity contribution in [3.05, 3.63) is 23.8 Å². The number of piperidine rings is 1. The maximum atomic E-state index is 12.5. The number of benzene rings is 1. The molecule has 0 saturated carbocycles. The third-order valence-corrected chi connectivity index (χ3v) is 4.47. The number of hydrogen-bond donors (Lipinski definition) is 1. The highest BCUT2D eigenvalue weighted by Gasteiger charge is 2.35. The normalized spacial score (nSPS) is 20.6. The Kier molecular flexibility index (Phi) is 4.96. The summed E-state index contributed by atoms with van der Waals surface area (Å²) >= 11 is 0. The number of rotatable bonds is 4. The van der Waals surface area contributed by atoms with Crippen LogP contribution < -0.4 is 15.2 Å². The third-order valence-electron chi connectivity index (χ3n) is 4.47. The number of amides is 1. The topological polar surface area (TPSA) is 64.8 Å². The largest absolute Gasteiger partial charge is 0.493 e. The molecular weight excluding hydrogens is 280 g/mol. The predicted octanol–water partition coefficient (Wildman–Crippen LogP) is 1.83. The average Bonchev–Trinajstić information content (AvgIpc) is 2.49. The smallest absolute Gasteiger partial charge is 0.227 e. The molecule has 5 nitrogen and oxygen atoms in total. The lowest BCUT2D eigenvalue weighted by atomic mass is 9.79. The summed E-state index contributed by atoms with van der Waals surface area (Å²) in [5.74, 6) is 1.45. The van der Waals surface area contributed by atoms with Crippen molar-refractivity contribution >= 4 is 5.91 Å². The van der Waals surface area contributed by atoms with Gasteiger partial charge in [-0.15, -0.1) is 0 Å². The Hall–Kier alpha value is -1.75. The summed E-state index contributed by atoms with van der Waals surface area (Å²) in [5, 5.41) is 0. The zero-order valence-corrected chi connectivity index (χ0v) is 13.9. The first-order chi connectivity index (χ1) is 10.4. The van der Waals surface area contributed by atoms with Gasteiger partial charge < -0.3 is 20.1 Å². The van der Waals surface area contributed by atoms with Crippen molar-refractivity contribution in [2.75, 3.05) is 27.3 Å². The Morgan fingerprint density at radius 2 is 2.00 bits per heavy atom. The molecule has 2 N–H and O–H groups in total. The quantitative estimate of drug-likeness (QED) is 0.922. The molecule has 0 bridgehead atoms. The number of hydrogen-bond acceptors (Lipinski definition) is 4. The van der Waals surface area contributed by atoms with Crippen LogP contribution in [0, 0.1) is 5.41 Å². The monoisotopic (exact) mass is 306 g/mol. The second-order valence-corrected chi connectivity index (χ2v) is 6.57. The van der Waals surface area contributed by atoms with Crippen molar-refractivity contribution in [1.29, 1.82) is 0 Å². The van der Waals surface area contributed by atoms with Gasteiger partial charge in [-0.05, 0) is 29.5 Å². The van der Waals surface area contributed by atoms with Crippen molar-refractivity contribution in [1.82, 2.24) is 4.90 Å². The van der Waals surface area contributed by atoms with Crippen LogP contribution in [0.15, 0.2) is 18.2 Å². The minimum Gasteiger partial charge on any atom is -0.493 e. The molecule has 1 aromatic carbocycles. The Morgan fingerprint density at radius 3 is 2.59 bits per heavy atom. The van der Waals surface area contributed by atoms with Crippen LogP contribution >= 0.6 is 0 Å². The molecule has 1 aliphatic heterocycles.